The molecule has 0 bridgehead atoms. The van der Waals surface area contributed by atoms with Crippen molar-refractivity contribution in [1.29, 1.82) is 0 Å². The summed E-state index contributed by atoms with van der Waals surface area (Å²) >= 11 is 3.50. The van der Waals surface area contributed by atoms with Crippen LogP contribution >= 0.6 is 15.9 Å². The molecule has 72 valence electrons. The van der Waals surface area contributed by atoms with Gasteiger partial charge in [-0.2, -0.15) is 0 Å². The zero-order valence-corrected chi connectivity index (χ0v) is 8.63. The SMILES string of the molecule is O=C1NC(=O)C2CC(Br)CCC2N1. The lowest BCUT2D eigenvalue weighted by molar-refractivity contribution is -0.126. The summed E-state index contributed by atoms with van der Waals surface area (Å²) in [7, 11) is 0. The zero-order valence-electron chi connectivity index (χ0n) is 7.05. The van der Waals surface area contributed by atoms with E-state index in [1.54, 1.807) is 0 Å². The van der Waals surface area contributed by atoms with Gasteiger partial charge in [-0.3, -0.25) is 10.1 Å². The number of hydrogen-bond acceptors (Lipinski definition) is 2. The Morgan fingerprint density at radius 1 is 1.31 bits per heavy atom. The molecule has 0 aromatic heterocycles. The normalized spacial score (nSPS) is 39.0. The fraction of sp³-hybridized carbons (Fsp3) is 0.750. The summed E-state index contributed by atoms with van der Waals surface area (Å²) < 4.78 is 0. The van der Waals surface area contributed by atoms with Crippen molar-refractivity contribution >= 4 is 27.9 Å². The molecule has 0 spiro atoms. The first-order chi connectivity index (χ1) is 6.16. The molecular formula is C8H11BrN2O2. The summed E-state index contributed by atoms with van der Waals surface area (Å²) in [4.78, 5) is 22.8. The van der Waals surface area contributed by atoms with Crippen LogP contribution in [0.3, 0.4) is 0 Å². The molecule has 4 nitrogen and oxygen atoms in total. The average Bonchev–Trinajstić information content (AvgIpc) is 2.06. The maximum atomic E-state index is 11.4. The van der Waals surface area contributed by atoms with Crippen LogP contribution in [0.5, 0.6) is 0 Å². The lowest BCUT2D eigenvalue weighted by atomic mass is 9.83. The Hall–Kier alpha value is -0.580. The molecule has 13 heavy (non-hydrogen) atoms. The van der Waals surface area contributed by atoms with Gasteiger partial charge >= 0.3 is 6.03 Å². The van der Waals surface area contributed by atoms with Crippen molar-refractivity contribution in [2.45, 2.75) is 30.1 Å². The van der Waals surface area contributed by atoms with E-state index in [-0.39, 0.29) is 23.9 Å². The van der Waals surface area contributed by atoms with E-state index in [0.717, 1.165) is 19.3 Å². The van der Waals surface area contributed by atoms with Crippen LogP contribution in [0.25, 0.3) is 0 Å². The third-order valence-electron chi connectivity index (χ3n) is 2.68. The van der Waals surface area contributed by atoms with Gasteiger partial charge in [0.05, 0.1) is 5.92 Å². The van der Waals surface area contributed by atoms with Crippen molar-refractivity contribution in [3.63, 3.8) is 0 Å². The first-order valence-electron chi connectivity index (χ1n) is 4.42. The monoisotopic (exact) mass is 246 g/mol. The molecule has 1 aliphatic carbocycles. The van der Waals surface area contributed by atoms with Crippen molar-refractivity contribution < 1.29 is 9.59 Å². The molecule has 2 aliphatic rings. The number of urea groups is 1. The van der Waals surface area contributed by atoms with Crippen LogP contribution in [0.1, 0.15) is 19.3 Å². The highest BCUT2D eigenvalue weighted by Gasteiger charge is 2.39. The van der Waals surface area contributed by atoms with Gasteiger partial charge in [0, 0.05) is 10.9 Å². The summed E-state index contributed by atoms with van der Waals surface area (Å²) in [6, 6.07) is -0.297. The first-order valence-corrected chi connectivity index (χ1v) is 5.34. The molecule has 3 amide bonds. The van der Waals surface area contributed by atoms with E-state index in [4.69, 9.17) is 0 Å². The second-order valence-corrected chi connectivity index (χ2v) is 4.88. The highest BCUT2D eigenvalue weighted by molar-refractivity contribution is 9.09. The number of carbonyl (C=O) groups is 2. The van der Waals surface area contributed by atoms with E-state index in [1.807, 2.05) is 0 Å². The van der Waals surface area contributed by atoms with Crippen LogP contribution in [-0.2, 0) is 4.79 Å². The lowest BCUT2D eigenvalue weighted by Gasteiger charge is -2.36. The van der Waals surface area contributed by atoms with Crippen molar-refractivity contribution in [2.75, 3.05) is 0 Å². The number of rotatable bonds is 0. The number of fused-ring (bicyclic) bond motifs is 1. The number of hydrogen-bond donors (Lipinski definition) is 2. The summed E-state index contributed by atoms with van der Waals surface area (Å²) in [6.07, 6.45) is 2.73. The molecule has 1 heterocycles. The minimum absolute atomic E-state index is 0.0455. The predicted molar refractivity (Wildman–Crippen MR) is 50.5 cm³/mol. The van der Waals surface area contributed by atoms with Gasteiger partial charge in [-0.25, -0.2) is 4.79 Å². The van der Waals surface area contributed by atoms with Crippen molar-refractivity contribution in [2.24, 2.45) is 5.92 Å². The number of imide groups is 1. The molecule has 0 aromatic rings. The molecular weight excluding hydrogens is 236 g/mol. The van der Waals surface area contributed by atoms with Crippen LogP contribution in [-0.4, -0.2) is 22.8 Å². The molecule has 1 saturated carbocycles. The molecule has 2 fully saturated rings. The van der Waals surface area contributed by atoms with Gasteiger partial charge in [-0.1, -0.05) is 15.9 Å². The van der Waals surface area contributed by atoms with E-state index in [1.165, 1.54) is 0 Å². The second kappa shape index (κ2) is 3.29. The van der Waals surface area contributed by atoms with Crippen molar-refractivity contribution in [1.82, 2.24) is 10.6 Å². The first kappa shape index (κ1) is 8.99. The number of nitrogens with one attached hydrogen (secondary N) is 2. The quantitative estimate of drug-likeness (QED) is 0.621. The molecule has 5 heteroatoms. The van der Waals surface area contributed by atoms with Gasteiger partial charge in [-0.15, -0.1) is 0 Å². The second-order valence-electron chi connectivity index (χ2n) is 3.59. The van der Waals surface area contributed by atoms with Gasteiger partial charge in [0.15, 0.2) is 0 Å². The van der Waals surface area contributed by atoms with Gasteiger partial charge < -0.3 is 5.32 Å². The highest BCUT2D eigenvalue weighted by Crippen LogP contribution is 2.30. The topological polar surface area (TPSA) is 58.2 Å². The molecule has 0 radical (unpaired) electrons. The molecule has 3 unspecified atom stereocenters. The fourth-order valence-electron chi connectivity index (χ4n) is 1.99. The minimum atomic E-state index is -0.348. The van der Waals surface area contributed by atoms with E-state index in [2.05, 4.69) is 26.6 Å². The van der Waals surface area contributed by atoms with Gasteiger partial charge in [0.1, 0.15) is 0 Å². The van der Waals surface area contributed by atoms with E-state index < -0.39 is 0 Å². The third-order valence-corrected chi connectivity index (χ3v) is 3.51. The Balaban J connectivity index is 2.11. The van der Waals surface area contributed by atoms with Crippen molar-refractivity contribution in [3.8, 4) is 0 Å². The number of amides is 3. The zero-order chi connectivity index (χ0) is 9.42. The Morgan fingerprint density at radius 2 is 2.08 bits per heavy atom. The maximum absolute atomic E-state index is 11.4. The molecule has 3 atom stereocenters. The highest BCUT2D eigenvalue weighted by atomic mass is 79.9. The van der Waals surface area contributed by atoms with Crippen LogP contribution < -0.4 is 10.6 Å². The van der Waals surface area contributed by atoms with Crippen LogP contribution in [0, 0.1) is 5.92 Å². The van der Waals surface area contributed by atoms with Crippen LogP contribution in [0.15, 0.2) is 0 Å². The van der Waals surface area contributed by atoms with E-state index >= 15 is 0 Å². The molecule has 1 aliphatic heterocycles. The fourth-order valence-corrected chi connectivity index (χ4v) is 2.66. The van der Waals surface area contributed by atoms with Crippen molar-refractivity contribution in [3.05, 3.63) is 0 Å². The average molecular weight is 247 g/mol. The lowest BCUT2D eigenvalue weighted by Crippen LogP contribution is -2.59. The standard InChI is InChI=1S/C8H11BrN2O2/c9-4-1-2-6-5(3-4)7(12)11-8(13)10-6/h4-6H,1-3H2,(H2,10,11,12,13). The summed E-state index contributed by atoms with van der Waals surface area (Å²) in [6.45, 7) is 0. The largest absolute Gasteiger partial charge is 0.334 e. The smallest absolute Gasteiger partial charge is 0.321 e. The molecule has 2 rings (SSSR count). The molecule has 2 N–H and O–H groups in total. The van der Waals surface area contributed by atoms with Gasteiger partial charge in [-0.05, 0) is 19.3 Å². The van der Waals surface area contributed by atoms with Gasteiger partial charge in [0.2, 0.25) is 5.91 Å². The van der Waals surface area contributed by atoms with E-state index in [9.17, 15) is 9.59 Å². The Bertz CT molecular complexity index is 257. The van der Waals surface area contributed by atoms with Crippen LogP contribution in [0.2, 0.25) is 0 Å². The van der Waals surface area contributed by atoms with Crippen LogP contribution in [0.4, 0.5) is 4.79 Å². The minimum Gasteiger partial charge on any atom is -0.334 e. The summed E-state index contributed by atoms with van der Waals surface area (Å²) in [5.41, 5.74) is 0. The Labute approximate surface area is 84.6 Å². The maximum Gasteiger partial charge on any atom is 0.321 e. The Morgan fingerprint density at radius 3 is 2.85 bits per heavy atom. The number of alkyl halides is 1. The summed E-state index contributed by atoms with van der Waals surface area (Å²) in [5, 5.41) is 5.07. The third kappa shape index (κ3) is 1.70. The predicted octanol–water partition coefficient (Wildman–Crippen LogP) is 0.758. The van der Waals surface area contributed by atoms with E-state index in [0.29, 0.717) is 4.83 Å². The molecule has 1 saturated heterocycles. The van der Waals surface area contributed by atoms with Gasteiger partial charge in [0.25, 0.3) is 0 Å². The molecule has 0 aromatic carbocycles. The number of carbonyl (C=O) groups excluding carboxylic acids is 2. The summed E-state index contributed by atoms with van der Waals surface area (Å²) in [5.74, 6) is -0.172. The number of halogens is 1. The Kier molecular flexibility index (Phi) is 2.27.